The molecule has 0 bridgehead atoms. The van der Waals surface area contributed by atoms with E-state index in [4.69, 9.17) is 9.47 Å². The van der Waals surface area contributed by atoms with Crippen molar-refractivity contribution in [3.63, 3.8) is 0 Å². The van der Waals surface area contributed by atoms with Gasteiger partial charge in [-0.2, -0.15) is 0 Å². The van der Waals surface area contributed by atoms with Gasteiger partial charge in [-0.25, -0.2) is 9.59 Å². The fourth-order valence-electron chi connectivity index (χ4n) is 5.57. The zero-order valence-electron chi connectivity index (χ0n) is 22.9. The Balaban J connectivity index is 1.32. The van der Waals surface area contributed by atoms with Crippen molar-refractivity contribution >= 4 is 55.2 Å². The van der Waals surface area contributed by atoms with Crippen molar-refractivity contribution in [2.75, 3.05) is 0 Å². The molecule has 0 spiro atoms. The summed E-state index contributed by atoms with van der Waals surface area (Å²) in [4.78, 5) is 25.9. The smallest absolute Gasteiger partial charge is 0.408 e. The number of rotatable bonds is 6. The molecule has 0 aromatic heterocycles. The molecule has 6 aromatic rings. The van der Waals surface area contributed by atoms with E-state index in [1.807, 2.05) is 36.4 Å². The second-order valence-electron chi connectivity index (χ2n) is 11.2. The van der Waals surface area contributed by atoms with Gasteiger partial charge >= 0.3 is 12.1 Å². The van der Waals surface area contributed by atoms with E-state index in [2.05, 4.69) is 66.0 Å². The molecule has 1 amide bonds. The maximum absolute atomic E-state index is 13.4. The number of hydrogen-bond donors (Lipinski definition) is 1. The summed E-state index contributed by atoms with van der Waals surface area (Å²) in [7, 11) is 0. The van der Waals surface area contributed by atoms with Crippen LogP contribution in [-0.2, 0) is 27.3 Å². The van der Waals surface area contributed by atoms with E-state index < -0.39 is 23.7 Å². The van der Waals surface area contributed by atoms with Crippen LogP contribution in [0.3, 0.4) is 0 Å². The summed E-state index contributed by atoms with van der Waals surface area (Å²) >= 11 is 0. The molecule has 1 atom stereocenters. The molecule has 5 nitrogen and oxygen atoms in total. The largest absolute Gasteiger partial charge is 0.459 e. The first kappa shape index (κ1) is 25.6. The molecule has 0 fully saturated rings. The van der Waals surface area contributed by atoms with E-state index >= 15 is 0 Å². The standard InChI is InChI=1S/C35H31NO4/c1-35(2,3)40-34(38)36-30(20-22-10-5-4-6-11-22)33(37)39-21-24-18-19-29-27-16-8-13-23-12-7-15-26(31(23)27)28-17-9-14-25(24)32(28)29/h4-19,30H,20-21H2,1-3H3,(H,36,38)/t30-/m0/s1. The highest BCUT2D eigenvalue weighted by atomic mass is 16.6. The minimum absolute atomic E-state index is 0.0895. The zero-order chi connectivity index (χ0) is 27.9. The molecule has 200 valence electrons. The molecular formula is C35H31NO4. The van der Waals surface area contributed by atoms with E-state index in [-0.39, 0.29) is 6.61 Å². The number of benzene rings is 6. The summed E-state index contributed by atoms with van der Waals surface area (Å²) in [6, 6.07) is 32.0. The van der Waals surface area contributed by atoms with Crippen LogP contribution in [0, 0.1) is 0 Å². The Morgan fingerprint density at radius 1 is 0.700 bits per heavy atom. The first-order valence-corrected chi connectivity index (χ1v) is 13.6. The normalized spacial score (nSPS) is 12.7. The lowest BCUT2D eigenvalue weighted by atomic mass is 9.88. The molecule has 5 heteroatoms. The number of alkyl carbamates (subject to hydrolysis) is 1. The quantitative estimate of drug-likeness (QED) is 0.135. The highest BCUT2D eigenvalue weighted by Crippen LogP contribution is 2.41. The van der Waals surface area contributed by atoms with E-state index in [0.717, 1.165) is 21.9 Å². The third kappa shape index (κ3) is 4.91. The zero-order valence-corrected chi connectivity index (χ0v) is 22.9. The molecular weight excluding hydrogens is 498 g/mol. The maximum Gasteiger partial charge on any atom is 0.408 e. The lowest BCUT2D eigenvalue weighted by Crippen LogP contribution is -2.45. The molecule has 0 saturated heterocycles. The predicted octanol–water partition coefficient (Wildman–Crippen LogP) is 7.92. The van der Waals surface area contributed by atoms with Gasteiger partial charge in [0.05, 0.1) is 0 Å². The average molecular weight is 530 g/mol. The van der Waals surface area contributed by atoms with E-state index in [9.17, 15) is 9.59 Å². The Hall–Kier alpha value is -4.64. The molecule has 0 aliphatic heterocycles. The monoisotopic (exact) mass is 529 g/mol. The van der Waals surface area contributed by atoms with Crippen molar-refractivity contribution in [3.8, 4) is 0 Å². The first-order valence-electron chi connectivity index (χ1n) is 13.6. The number of amides is 1. The van der Waals surface area contributed by atoms with Crippen LogP contribution >= 0.6 is 0 Å². The van der Waals surface area contributed by atoms with Gasteiger partial charge in [-0.1, -0.05) is 97.1 Å². The lowest BCUT2D eigenvalue weighted by Gasteiger charge is -2.23. The van der Waals surface area contributed by atoms with Gasteiger partial charge in [0.15, 0.2) is 0 Å². The molecule has 1 N–H and O–H groups in total. The predicted molar refractivity (Wildman–Crippen MR) is 161 cm³/mol. The van der Waals surface area contributed by atoms with Crippen molar-refractivity contribution in [3.05, 3.63) is 108 Å². The topological polar surface area (TPSA) is 64.6 Å². The Bertz CT molecular complexity index is 1800. The van der Waals surface area contributed by atoms with Gasteiger partial charge in [-0.3, -0.25) is 0 Å². The van der Waals surface area contributed by atoms with Crippen molar-refractivity contribution in [2.24, 2.45) is 0 Å². The van der Waals surface area contributed by atoms with Gasteiger partial charge in [0, 0.05) is 6.42 Å². The van der Waals surface area contributed by atoms with Gasteiger partial charge in [-0.15, -0.1) is 0 Å². The molecule has 0 aliphatic carbocycles. The Morgan fingerprint density at radius 3 is 1.98 bits per heavy atom. The number of carbonyl (C=O) groups is 2. The number of esters is 1. The van der Waals surface area contributed by atoms with Crippen LogP contribution in [-0.4, -0.2) is 23.7 Å². The highest BCUT2D eigenvalue weighted by molar-refractivity contribution is 6.33. The minimum Gasteiger partial charge on any atom is -0.459 e. The van der Waals surface area contributed by atoms with Crippen LogP contribution in [0.4, 0.5) is 4.79 Å². The summed E-state index contributed by atoms with van der Waals surface area (Å²) in [6.45, 7) is 5.45. The third-order valence-corrected chi connectivity index (χ3v) is 7.24. The van der Waals surface area contributed by atoms with E-state index in [1.54, 1.807) is 20.8 Å². The Morgan fingerprint density at radius 2 is 1.30 bits per heavy atom. The Labute approximate surface area is 233 Å². The lowest BCUT2D eigenvalue weighted by molar-refractivity contribution is -0.147. The summed E-state index contributed by atoms with van der Waals surface area (Å²) in [5, 5.41) is 12.2. The van der Waals surface area contributed by atoms with Gasteiger partial charge < -0.3 is 14.8 Å². The fourth-order valence-corrected chi connectivity index (χ4v) is 5.57. The molecule has 0 radical (unpaired) electrons. The average Bonchev–Trinajstić information content (AvgIpc) is 2.94. The van der Waals surface area contributed by atoms with Crippen LogP contribution in [0.15, 0.2) is 97.1 Å². The highest BCUT2D eigenvalue weighted by Gasteiger charge is 2.26. The van der Waals surface area contributed by atoms with Gasteiger partial charge in [0.1, 0.15) is 18.2 Å². The number of ether oxygens (including phenoxy) is 2. The van der Waals surface area contributed by atoms with Crippen LogP contribution in [0.2, 0.25) is 0 Å². The third-order valence-electron chi connectivity index (χ3n) is 7.24. The van der Waals surface area contributed by atoms with Crippen molar-refractivity contribution < 1.29 is 19.1 Å². The maximum atomic E-state index is 13.4. The SMILES string of the molecule is CC(C)(C)OC(=O)N[C@@H](Cc1ccccc1)C(=O)OCc1ccc2c3cccc4cccc(c5cccc1c52)c43. The Kier molecular flexibility index (Phi) is 6.51. The van der Waals surface area contributed by atoms with Crippen LogP contribution in [0.25, 0.3) is 43.1 Å². The second kappa shape index (κ2) is 10.2. The molecule has 6 rings (SSSR count). The molecule has 0 saturated carbocycles. The number of fused-ring (bicyclic) bond motifs is 2. The van der Waals surface area contributed by atoms with Gasteiger partial charge in [-0.05, 0) is 75.0 Å². The minimum atomic E-state index is -0.887. The summed E-state index contributed by atoms with van der Waals surface area (Å²) in [5.41, 5.74) is 1.14. The molecule has 0 aliphatic rings. The molecule has 0 unspecified atom stereocenters. The summed E-state index contributed by atoms with van der Waals surface area (Å²) < 4.78 is 11.3. The van der Waals surface area contributed by atoms with Gasteiger partial charge in [0.25, 0.3) is 0 Å². The summed E-state index contributed by atoms with van der Waals surface area (Å²) in [6.07, 6.45) is -0.358. The van der Waals surface area contributed by atoms with Gasteiger partial charge in [0.2, 0.25) is 0 Å². The molecule has 6 aromatic carbocycles. The number of nitrogens with one attached hydrogen (secondary N) is 1. The van der Waals surface area contributed by atoms with Crippen LogP contribution in [0.1, 0.15) is 31.9 Å². The van der Waals surface area contributed by atoms with Crippen molar-refractivity contribution in [1.29, 1.82) is 0 Å². The number of hydrogen-bond acceptors (Lipinski definition) is 4. The second-order valence-corrected chi connectivity index (χ2v) is 11.2. The van der Waals surface area contributed by atoms with Crippen molar-refractivity contribution in [1.82, 2.24) is 5.32 Å². The van der Waals surface area contributed by atoms with Crippen molar-refractivity contribution in [2.45, 2.75) is 45.4 Å². The fraction of sp³-hybridized carbons (Fsp3) is 0.200. The van der Waals surface area contributed by atoms with Crippen LogP contribution < -0.4 is 5.32 Å². The van der Waals surface area contributed by atoms with E-state index in [1.165, 1.54) is 32.3 Å². The molecule has 40 heavy (non-hydrogen) atoms. The number of carbonyl (C=O) groups excluding carboxylic acids is 2. The van der Waals surface area contributed by atoms with Crippen LogP contribution in [0.5, 0.6) is 0 Å². The first-order chi connectivity index (χ1) is 19.3. The molecule has 0 heterocycles. The summed E-state index contributed by atoms with van der Waals surface area (Å²) in [5.74, 6) is -0.509. The van der Waals surface area contributed by atoms with E-state index in [0.29, 0.717) is 6.42 Å².